The number of esters is 1. The summed E-state index contributed by atoms with van der Waals surface area (Å²) >= 11 is 0. The monoisotopic (exact) mass is 329 g/mol. The summed E-state index contributed by atoms with van der Waals surface area (Å²) in [5.41, 5.74) is -1.20. The Morgan fingerprint density at radius 2 is 1.83 bits per heavy atom. The van der Waals surface area contributed by atoms with Crippen LogP contribution in [0.5, 0.6) is 5.95 Å². The molecule has 0 unspecified atom stereocenters. The molecule has 0 amide bonds. The predicted octanol–water partition coefficient (Wildman–Crippen LogP) is 2.65. The third-order valence-corrected chi connectivity index (χ3v) is 3.65. The van der Waals surface area contributed by atoms with Crippen LogP contribution in [0.25, 0.3) is 21.5 Å². The Kier molecular flexibility index (Phi) is 3.64. The van der Waals surface area contributed by atoms with Crippen molar-refractivity contribution < 1.29 is 23.6 Å². The van der Waals surface area contributed by atoms with Crippen LogP contribution < -0.4 is 10.4 Å². The molecule has 0 aliphatic heterocycles. The second-order valence-electron chi connectivity index (χ2n) is 4.87. The molecule has 8 heteroatoms. The van der Waals surface area contributed by atoms with E-state index in [2.05, 4.69) is 0 Å². The van der Waals surface area contributed by atoms with Crippen molar-refractivity contribution in [1.29, 1.82) is 0 Å². The Morgan fingerprint density at radius 1 is 1.17 bits per heavy atom. The quantitative estimate of drug-likeness (QED) is 0.314. The Bertz CT molecular complexity index is 1050. The van der Waals surface area contributed by atoms with Gasteiger partial charge in [-0.05, 0) is 11.5 Å². The van der Waals surface area contributed by atoms with Crippen LogP contribution in [0.4, 0.5) is 5.69 Å². The summed E-state index contributed by atoms with van der Waals surface area (Å²) in [5, 5.41) is 12.1. The van der Waals surface area contributed by atoms with Crippen molar-refractivity contribution in [2.75, 3.05) is 14.2 Å². The van der Waals surface area contributed by atoms with E-state index in [9.17, 15) is 19.7 Å². The van der Waals surface area contributed by atoms with Gasteiger partial charge in [0.1, 0.15) is 5.56 Å². The molecule has 0 spiro atoms. The molecule has 0 aliphatic rings. The summed E-state index contributed by atoms with van der Waals surface area (Å²) in [5.74, 6) is -1.09. The number of fused-ring (bicyclic) bond motifs is 3. The van der Waals surface area contributed by atoms with E-state index < -0.39 is 16.5 Å². The molecule has 1 heterocycles. The molecule has 0 N–H and O–H groups in total. The minimum Gasteiger partial charge on any atom is -0.468 e. The normalized spacial score (nSPS) is 10.8. The van der Waals surface area contributed by atoms with Gasteiger partial charge in [0, 0.05) is 11.5 Å². The van der Waals surface area contributed by atoms with Crippen molar-refractivity contribution in [1.82, 2.24) is 0 Å². The fourth-order valence-electron chi connectivity index (χ4n) is 2.66. The zero-order chi connectivity index (χ0) is 17.4. The number of methoxy groups -OCH3 is 2. The number of nitro benzene ring substituents is 1. The van der Waals surface area contributed by atoms with Gasteiger partial charge in [0.25, 0.3) is 5.69 Å². The Balaban J connectivity index is 2.67. The molecule has 0 aliphatic carbocycles. The van der Waals surface area contributed by atoms with E-state index in [4.69, 9.17) is 13.9 Å². The van der Waals surface area contributed by atoms with Crippen LogP contribution in [-0.4, -0.2) is 25.1 Å². The van der Waals surface area contributed by atoms with E-state index in [-0.39, 0.29) is 33.4 Å². The zero-order valence-corrected chi connectivity index (χ0v) is 12.7. The van der Waals surface area contributed by atoms with Gasteiger partial charge < -0.3 is 13.9 Å². The topological polar surface area (TPSA) is 109 Å². The number of carbonyl (C=O) groups excluding carboxylic acids is 1. The molecule has 122 valence electrons. The molecule has 0 saturated carbocycles. The molecule has 2 aromatic carbocycles. The number of rotatable bonds is 3. The average molecular weight is 329 g/mol. The first kappa shape index (κ1) is 15.5. The molecule has 24 heavy (non-hydrogen) atoms. The summed E-state index contributed by atoms with van der Waals surface area (Å²) in [7, 11) is 2.41. The van der Waals surface area contributed by atoms with Crippen molar-refractivity contribution in [3.05, 3.63) is 56.4 Å². The minimum absolute atomic E-state index is 0.0957. The first-order chi connectivity index (χ1) is 11.5. The first-order valence-electron chi connectivity index (χ1n) is 6.78. The van der Waals surface area contributed by atoms with Gasteiger partial charge in [0.2, 0.25) is 0 Å². The van der Waals surface area contributed by atoms with Crippen LogP contribution in [0.2, 0.25) is 0 Å². The second kappa shape index (κ2) is 5.65. The van der Waals surface area contributed by atoms with Gasteiger partial charge in [0.15, 0.2) is 0 Å². The van der Waals surface area contributed by atoms with Crippen molar-refractivity contribution in [2.45, 2.75) is 0 Å². The van der Waals surface area contributed by atoms with Crippen LogP contribution in [-0.2, 0) is 4.74 Å². The van der Waals surface area contributed by atoms with Gasteiger partial charge in [-0.2, -0.15) is 0 Å². The maximum Gasteiger partial charge on any atom is 0.346 e. The average Bonchev–Trinajstić information content (AvgIpc) is 2.59. The third kappa shape index (κ3) is 2.16. The molecule has 8 nitrogen and oxygen atoms in total. The maximum atomic E-state index is 12.2. The standard InChI is InChI=1S/C16H11NO7/c1-22-15(19)13-12-9-6-4-3-5-8(9)11(17(20)21)7-10(12)14(18)24-16(13)23-2/h3-7H,1-2H3. The lowest BCUT2D eigenvalue weighted by Gasteiger charge is -2.11. The predicted molar refractivity (Wildman–Crippen MR) is 84.5 cm³/mol. The van der Waals surface area contributed by atoms with Gasteiger partial charge in [-0.25, -0.2) is 9.59 Å². The van der Waals surface area contributed by atoms with Gasteiger partial charge in [0.05, 0.1) is 29.9 Å². The number of nitro groups is 1. The SMILES string of the molecule is COC(=O)c1c(OC)oc(=O)c2cc([N+](=O)[O-])c3ccccc3c12. The summed E-state index contributed by atoms with van der Waals surface area (Å²) in [6, 6.07) is 7.48. The smallest absolute Gasteiger partial charge is 0.346 e. The largest absolute Gasteiger partial charge is 0.468 e. The van der Waals surface area contributed by atoms with Crippen LogP contribution in [0.15, 0.2) is 39.5 Å². The van der Waals surface area contributed by atoms with E-state index in [1.54, 1.807) is 18.2 Å². The number of non-ortho nitro benzene ring substituents is 1. The molecule has 3 rings (SSSR count). The number of benzene rings is 2. The highest BCUT2D eigenvalue weighted by atomic mass is 16.6. The third-order valence-electron chi connectivity index (χ3n) is 3.65. The molecular weight excluding hydrogens is 318 g/mol. The van der Waals surface area contributed by atoms with Crippen LogP contribution in [0, 0.1) is 10.1 Å². The first-order valence-corrected chi connectivity index (χ1v) is 6.78. The summed E-state index contributed by atoms with van der Waals surface area (Å²) in [6.45, 7) is 0. The Hall–Kier alpha value is -3.42. The van der Waals surface area contributed by atoms with E-state index >= 15 is 0 Å². The zero-order valence-electron chi connectivity index (χ0n) is 12.7. The molecule has 0 saturated heterocycles. The highest BCUT2D eigenvalue weighted by Gasteiger charge is 2.26. The van der Waals surface area contributed by atoms with Crippen molar-refractivity contribution in [3.63, 3.8) is 0 Å². The van der Waals surface area contributed by atoms with E-state index in [0.29, 0.717) is 5.39 Å². The molecule has 3 aromatic rings. The molecule has 0 radical (unpaired) electrons. The van der Waals surface area contributed by atoms with E-state index in [1.807, 2.05) is 0 Å². The fraction of sp³-hybridized carbons (Fsp3) is 0.125. The van der Waals surface area contributed by atoms with Crippen molar-refractivity contribution >= 4 is 33.2 Å². The van der Waals surface area contributed by atoms with Crippen LogP contribution in [0.3, 0.4) is 0 Å². The lowest BCUT2D eigenvalue weighted by Crippen LogP contribution is -2.11. The number of carbonyl (C=O) groups is 1. The van der Waals surface area contributed by atoms with Gasteiger partial charge in [-0.3, -0.25) is 10.1 Å². The second-order valence-corrected chi connectivity index (χ2v) is 4.87. The van der Waals surface area contributed by atoms with Gasteiger partial charge in [-0.1, -0.05) is 18.2 Å². The highest BCUT2D eigenvalue weighted by Crippen LogP contribution is 2.36. The van der Waals surface area contributed by atoms with E-state index in [0.717, 1.165) is 6.07 Å². The number of nitrogens with zero attached hydrogens (tertiary/aromatic N) is 1. The molecule has 0 bridgehead atoms. The minimum atomic E-state index is -0.844. The summed E-state index contributed by atoms with van der Waals surface area (Å²) in [4.78, 5) is 35.1. The summed E-state index contributed by atoms with van der Waals surface area (Å²) < 4.78 is 14.7. The van der Waals surface area contributed by atoms with Crippen molar-refractivity contribution in [2.24, 2.45) is 0 Å². The van der Waals surface area contributed by atoms with Crippen LogP contribution in [0.1, 0.15) is 10.4 Å². The van der Waals surface area contributed by atoms with Gasteiger partial charge >= 0.3 is 17.5 Å². The number of hydrogen-bond donors (Lipinski definition) is 0. The van der Waals surface area contributed by atoms with Crippen LogP contribution >= 0.6 is 0 Å². The summed E-state index contributed by atoms with van der Waals surface area (Å²) in [6.07, 6.45) is 0. The lowest BCUT2D eigenvalue weighted by molar-refractivity contribution is -0.382. The number of hydrogen-bond acceptors (Lipinski definition) is 7. The highest BCUT2D eigenvalue weighted by molar-refractivity contribution is 6.19. The lowest BCUT2D eigenvalue weighted by atomic mass is 9.98. The van der Waals surface area contributed by atoms with E-state index in [1.165, 1.54) is 20.3 Å². The Labute approximate surface area is 134 Å². The van der Waals surface area contributed by atoms with Crippen molar-refractivity contribution in [3.8, 4) is 5.95 Å². The van der Waals surface area contributed by atoms with Gasteiger partial charge in [-0.15, -0.1) is 0 Å². The molecule has 0 fully saturated rings. The molecule has 0 atom stereocenters. The number of ether oxygens (including phenoxy) is 2. The fourth-order valence-corrected chi connectivity index (χ4v) is 2.66. The maximum absolute atomic E-state index is 12.2. The molecular formula is C16H11NO7. The Morgan fingerprint density at radius 3 is 2.42 bits per heavy atom. The molecule has 1 aromatic heterocycles.